The van der Waals surface area contributed by atoms with Crippen LogP contribution in [0, 0.1) is 13.8 Å². The van der Waals surface area contributed by atoms with E-state index in [0.717, 1.165) is 30.8 Å². The number of aryl methyl sites for hydroxylation is 3. The summed E-state index contributed by atoms with van der Waals surface area (Å²) in [6.45, 7) is 7.40. The maximum atomic E-state index is 12.3. The van der Waals surface area contributed by atoms with Crippen LogP contribution in [-0.2, 0) is 17.9 Å². The molecule has 2 heterocycles. The van der Waals surface area contributed by atoms with Crippen molar-refractivity contribution in [3.05, 3.63) is 53.3 Å². The third-order valence-corrected chi connectivity index (χ3v) is 4.51. The van der Waals surface area contributed by atoms with Crippen LogP contribution in [0.3, 0.4) is 0 Å². The summed E-state index contributed by atoms with van der Waals surface area (Å²) in [5.41, 5.74) is 3.22. The van der Waals surface area contributed by atoms with E-state index in [9.17, 15) is 4.79 Å². The maximum absolute atomic E-state index is 12.3. The van der Waals surface area contributed by atoms with Gasteiger partial charge in [0.25, 0.3) is 0 Å². The van der Waals surface area contributed by atoms with E-state index in [0.29, 0.717) is 19.7 Å². The second-order valence-corrected chi connectivity index (χ2v) is 6.58. The molecule has 1 atom stereocenters. The van der Waals surface area contributed by atoms with Gasteiger partial charge in [0.15, 0.2) is 0 Å². The highest BCUT2D eigenvalue weighted by molar-refractivity contribution is 5.85. The van der Waals surface area contributed by atoms with Crippen LogP contribution in [0.4, 0.5) is 4.79 Å². The predicted molar refractivity (Wildman–Crippen MR) is 104 cm³/mol. The molecular formula is C19H27ClN4O2. The Labute approximate surface area is 160 Å². The Morgan fingerprint density at radius 2 is 2.08 bits per heavy atom. The number of benzene rings is 1. The number of halogens is 1. The van der Waals surface area contributed by atoms with Crippen LogP contribution in [0.1, 0.15) is 23.4 Å². The minimum atomic E-state index is -0.235. The molecule has 3 rings (SSSR count). The van der Waals surface area contributed by atoms with E-state index in [1.54, 1.807) is 4.90 Å². The molecule has 0 radical (unpaired) electrons. The molecule has 0 saturated carbocycles. The van der Waals surface area contributed by atoms with Gasteiger partial charge in [0, 0.05) is 37.9 Å². The van der Waals surface area contributed by atoms with Crippen LogP contribution in [-0.4, -0.2) is 46.4 Å². The van der Waals surface area contributed by atoms with Gasteiger partial charge in [0.2, 0.25) is 0 Å². The van der Waals surface area contributed by atoms with E-state index in [4.69, 9.17) is 4.74 Å². The molecule has 0 unspecified atom stereocenters. The van der Waals surface area contributed by atoms with Crippen molar-refractivity contribution in [2.75, 3.05) is 19.6 Å². The van der Waals surface area contributed by atoms with Gasteiger partial charge in [-0.15, -0.1) is 12.4 Å². The Hall–Kier alpha value is -2.05. The summed E-state index contributed by atoms with van der Waals surface area (Å²) in [6.07, 6.45) is 0.700. The lowest BCUT2D eigenvalue weighted by Gasteiger charge is -2.33. The van der Waals surface area contributed by atoms with Gasteiger partial charge in [-0.1, -0.05) is 30.3 Å². The maximum Gasteiger partial charge on any atom is 0.410 e. The molecule has 0 spiro atoms. The van der Waals surface area contributed by atoms with Crippen LogP contribution in [0.5, 0.6) is 0 Å². The van der Waals surface area contributed by atoms with Crippen molar-refractivity contribution in [1.29, 1.82) is 0 Å². The molecule has 1 fully saturated rings. The summed E-state index contributed by atoms with van der Waals surface area (Å²) >= 11 is 0. The van der Waals surface area contributed by atoms with Gasteiger partial charge < -0.3 is 15.0 Å². The lowest BCUT2D eigenvalue weighted by atomic mass is 10.1. The number of aromatic nitrogens is 2. The standard InChI is InChI=1S/C19H26N4O2.ClH/c1-15-12-16(2)23(21-15)10-8-18-13-22(11-9-20-18)19(24)25-14-17-6-4-3-5-7-17;/h3-7,12,18,20H,8-11,13-14H2,1-2H3;1H/t18-;/m1./s1. The Kier molecular flexibility index (Phi) is 7.48. The smallest absolute Gasteiger partial charge is 0.410 e. The monoisotopic (exact) mass is 378 g/mol. The third kappa shape index (κ3) is 5.47. The molecule has 1 amide bonds. The summed E-state index contributed by atoms with van der Waals surface area (Å²) in [7, 11) is 0. The first-order valence-electron chi connectivity index (χ1n) is 8.82. The molecule has 1 aromatic heterocycles. The zero-order chi connectivity index (χ0) is 17.6. The number of nitrogens with zero attached hydrogens (tertiary/aromatic N) is 3. The summed E-state index contributed by atoms with van der Waals surface area (Å²) < 4.78 is 7.47. The highest BCUT2D eigenvalue weighted by atomic mass is 35.5. The predicted octanol–water partition coefficient (Wildman–Crippen LogP) is 2.92. The molecular weight excluding hydrogens is 352 g/mol. The zero-order valence-electron chi connectivity index (χ0n) is 15.4. The molecule has 1 aliphatic rings. The van der Waals surface area contributed by atoms with Crippen molar-refractivity contribution in [3.63, 3.8) is 0 Å². The molecule has 0 aliphatic carbocycles. The molecule has 0 bridgehead atoms. The van der Waals surface area contributed by atoms with Crippen LogP contribution in [0.2, 0.25) is 0 Å². The lowest BCUT2D eigenvalue weighted by molar-refractivity contribution is 0.0837. The molecule has 2 aromatic rings. The number of hydrogen-bond acceptors (Lipinski definition) is 4. The molecule has 142 valence electrons. The van der Waals surface area contributed by atoms with E-state index in [1.807, 2.05) is 41.9 Å². The molecule has 1 saturated heterocycles. The first kappa shape index (κ1) is 20.3. The fourth-order valence-corrected chi connectivity index (χ4v) is 3.17. The van der Waals surface area contributed by atoms with E-state index in [2.05, 4.69) is 23.4 Å². The van der Waals surface area contributed by atoms with Gasteiger partial charge in [-0.05, 0) is 31.9 Å². The quantitative estimate of drug-likeness (QED) is 0.869. The Morgan fingerprint density at radius 1 is 1.31 bits per heavy atom. The van der Waals surface area contributed by atoms with E-state index in [-0.39, 0.29) is 24.5 Å². The van der Waals surface area contributed by atoms with Crippen LogP contribution in [0.15, 0.2) is 36.4 Å². The Bertz CT molecular complexity index is 705. The fraction of sp³-hybridized carbons (Fsp3) is 0.474. The van der Waals surface area contributed by atoms with Crippen molar-refractivity contribution in [3.8, 4) is 0 Å². The minimum Gasteiger partial charge on any atom is -0.445 e. The molecule has 1 aliphatic heterocycles. The number of ether oxygens (including phenoxy) is 1. The Morgan fingerprint density at radius 3 is 2.77 bits per heavy atom. The first-order valence-corrected chi connectivity index (χ1v) is 8.82. The second kappa shape index (κ2) is 9.59. The van der Waals surface area contributed by atoms with Gasteiger partial charge in [0.05, 0.1) is 5.69 Å². The van der Waals surface area contributed by atoms with E-state index in [1.165, 1.54) is 5.69 Å². The van der Waals surface area contributed by atoms with Crippen molar-refractivity contribution in [2.45, 2.75) is 39.5 Å². The summed E-state index contributed by atoms with van der Waals surface area (Å²) in [5, 5.41) is 7.98. The normalized spacial score (nSPS) is 16.8. The molecule has 6 nitrogen and oxygen atoms in total. The average Bonchev–Trinajstić information content (AvgIpc) is 2.96. The number of rotatable bonds is 5. The number of hydrogen-bond donors (Lipinski definition) is 1. The zero-order valence-corrected chi connectivity index (χ0v) is 16.2. The van der Waals surface area contributed by atoms with Crippen LogP contribution in [0.25, 0.3) is 0 Å². The minimum absolute atomic E-state index is 0. The number of piperazine rings is 1. The summed E-state index contributed by atoms with van der Waals surface area (Å²) in [6, 6.07) is 12.1. The summed E-state index contributed by atoms with van der Waals surface area (Å²) in [4.78, 5) is 14.1. The molecule has 26 heavy (non-hydrogen) atoms. The van der Waals surface area contributed by atoms with Crippen LogP contribution >= 0.6 is 12.4 Å². The van der Waals surface area contributed by atoms with Gasteiger partial charge in [-0.25, -0.2) is 4.79 Å². The molecule has 1 aromatic carbocycles. The van der Waals surface area contributed by atoms with E-state index >= 15 is 0 Å². The largest absolute Gasteiger partial charge is 0.445 e. The third-order valence-electron chi connectivity index (χ3n) is 4.51. The number of carbonyl (C=O) groups excluding carboxylic acids is 1. The number of nitrogens with one attached hydrogen (secondary N) is 1. The Balaban J connectivity index is 0.00000243. The first-order chi connectivity index (χ1) is 12.1. The topological polar surface area (TPSA) is 59.4 Å². The van der Waals surface area contributed by atoms with Crippen molar-refractivity contribution >= 4 is 18.5 Å². The fourth-order valence-electron chi connectivity index (χ4n) is 3.17. The molecule has 7 heteroatoms. The average molecular weight is 379 g/mol. The van der Waals surface area contributed by atoms with Gasteiger partial charge >= 0.3 is 6.09 Å². The van der Waals surface area contributed by atoms with Gasteiger partial charge in [-0.3, -0.25) is 4.68 Å². The summed E-state index contributed by atoms with van der Waals surface area (Å²) in [5.74, 6) is 0. The number of carbonyl (C=O) groups is 1. The van der Waals surface area contributed by atoms with Gasteiger partial charge in [-0.2, -0.15) is 5.10 Å². The molecule has 1 N–H and O–H groups in total. The number of amides is 1. The van der Waals surface area contributed by atoms with Gasteiger partial charge in [0.1, 0.15) is 6.61 Å². The van der Waals surface area contributed by atoms with Crippen molar-refractivity contribution in [2.24, 2.45) is 0 Å². The highest BCUT2D eigenvalue weighted by Crippen LogP contribution is 2.10. The van der Waals surface area contributed by atoms with Crippen LogP contribution < -0.4 is 5.32 Å². The second-order valence-electron chi connectivity index (χ2n) is 6.58. The lowest BCUT2D eigenvalue weighted by Crippen LogP contribution is -2.53. The van der Waals surface area contributed by atoms with E-state index < -0.39 is 0 Å². The SMILES string of the molecule is Cc1cc(C)n(CC[C@@H]2CN(C(=O)OCc3ccccc3)CCN2)n1.Cl. The highest BCUT2D eigenvalue weighted by Gasteiger charge is 2.24. The van der Waals surface area contributed by atoms with Crippen molar-refractivity contribution in [1.82, 2.24) is 20.0 Å². The van der Waals surface area contributed by atoms with Crippen molar-refractivity contribution < 1.29 is 9.53 Å².